The van der Waals surface area contributed by atoms with Gasteiger partial charge in [-0.25, -0.2) is 0 Å². The monoisotopic (exact) mass is 344 g/mol. The number of carboxylic acid groups (broad SMARTS) is 1. The van der Waals surface area contributed by atoms with Crippen molar-refractivity contribution in [2.24, 2.45) is 0 Å². The van der Waals surface area contributed by atoms with Crippen molar-refractivity contribution in [2.45, 2.75) is 135 Å². The van der Waals surface area contributed by atoms with Gasteiger partial charge in [0.25, 0.3) is 0 Å². The number of aliphatic carboxylic acids is 1. The minimum Gasteiger partial charge on any atom is -0.481 e. The molecule has 0 heterocycles. The van der Waals surface area contributed by atoms with Gasteiger partial charge in [-0.3, -0.25) is 4.79 Å². The summed E-state index contributed by atoms with van der Waals surface area (Å²) in [6.07, 6.45) is 13.1. The van der Waals surface area contributed by atoms with Crippen LogP contribution in [0.5, 0.6) is 0 Å². The van der Waals surface area contributed by atoms with E-state index in [0.29, 0.717) is 12.8 Å². The second-order valence-electron chi connectivity index (χ2n) is 6.95. The van der Waals surface area contributed by atoms with Crippen LogP contribution in [-0.2, 0) is 4.79 Å². The molecule has 0 aliphatic carbocycles. The molecule has 0 aliphatic rings. The molecular weight excluding hydrogens is 296 g/mol. The van der Waals surface area contributed by atoms with Crippen LogP contribution >= 0.6 is 0 Å². The summed E-state index contributed by atoms with van der Waals surface area (Å²) in [4.78, 5) is 10.5. The summed E-state index contributed by atoms with van der Waals surface area (Å²) in [5, 5.41) is 8.60. The highest BCUT2D eigenvalue weighted by Crippen LogP contribution is 2.14. The van der Waals surface area contributed by atoms with Gasteiger partial charge in [0, 0.05) is 11.9 Å². The molecule has 0 saturated carbocycles. The molecule has 2 heteroatoms. The summed E-state index contributed by atoms with van der Waals surface area (Å²) in [6, 6.07) is 0. The van der Waals surface area contributed by atoms with Crippen LogP contribution in [0.2, 0.25) is 0 Å². The highest BCUT2D eigenvalue weighted by molar-refractivity contribution is 5.66. The molecule has 0 spiro atoms. The zero-order chi connectivity index (χ0) is 21.3. The van der Waals surface area contributed by atoms with Crippen molar-refractivity contribution < 1.29 is 15.4 Å². The molecule has 0 atom stereocenters. The minimum absolute atomic E-state index is 0.159. The van der Waals surface area contributed by atoms with Crippen LogP contribution in [0.1, 0.15) is 141 Å². The molecule has 0 aromatic carbocycles. The fourth-order valence-corrected chi connectivity index (χ4v) is 2.90. The lowest BCUT2D eigenvalue weighted by Crippen LogP contribution is -1.93. The van der Waals surface area contributed by atoms with E-state index in [4.69, 9.17) is 10.6 Å². The second kappa shape index (κ2) is 20.5. The number of carbonyl (C=O) groups is 1. The summed E-state index contributed by atoms with van der Waals surface area (Å²) in [5.74, 6) is -0.793. The first-order valence-corrected chi connectivity index (χ1v) is 10.4. The van der Waals surface area contributed by atoms with Crippen LogP contribution in [0.15, 0.2) is 0 Å². The molecule has 0 rings (SSSR count). The SMILES string of the molecule is [2H]C([2H])(CCCCCCCCCCCCC)C([2H])([2H])CCCCCCC(=O)O. The minimum atomic E-state index is -1.81. The predicted octanol–water partition coefficient (Wildman–Crippen LogP) is 7.89. The topological polar surface area (TPSA) is 37.3 Å². The zero-order valence-electron chi connectivity index (χ0n) is 20.1. The average Bonchev–Trinajstić information content (AvgIpc) is 2.62. The summed E-state index contributed by atoms with van der Waals surface area (Å²) < 4.78 is 32.5. The molecule has 0 radical (unpaired) electrons. The Morgan fingerprint density at radius 3 is 1.33 bits per heavy atom. The first-order chi connectivity index (χ1) is 13.2. The second-order valence-corrected chi connectivity index (χ2v) is 6.95. The molecule has 144 valence electrons. The lowest BCUT2D eigenvalue weighted by molar-refractivity contribution is -0.137. The van der Waals surface area contributed by atoms with Crippen molar-refractivity contribution in [1.82, 2.24) is 0 Å². The van der Waals surface area contributed by atoms with E-state index in [-0.39, 0.29) is 19.3 Å². The lowest BCUT2D eigenvalue weighted by atomic mass is 10.0. The summed E-state index contributed by atoms with van der Waals surface area (Å²) in [7, 11) is 0. The highest BCUT2D eigenvalue weighted by Gasteiger charge is 1.97. The molecule has 0 amide bonds. The molecule has 0 aliphatic heterocycles. The van der Waals surface area contributed by atoms with Gasteiger partial charge in [0.1, 0.15) is 0 Å². The van der Waals surface area contributed by atoms with E-state index < -0.39 is 18.7 Å². The first kappa shape index (κ1) is 16.9. The third kappa shape index (κ3) is 21.5. The fraction of sp³-hybridized carbons (Fsp3) is 0.955. The average molecular weight is 345 g/mol. The smallest absolute Gasteiger partial charge is 0.303 e. The first-order valence-electron chi connectivity index (χ1n) is 12.4. The molecule has 0 aromatic heterocycles. The van der Waals surface area contributed by atoms with Gasteiger partial charge in [0.05, 0.1) is 0 Å². The fourth-order valence-electron chi connectivity index (χ4n) is 2.90. The van der Waals surface area contributed by atoms with Crippen LogP contribution in [-0.4, -0.2) is 11.1 Å². The highest BCUT2D eigenvalue weighted by atomic mass is 16.4. The van der Waals surface area contributed by atoms with Gasteiger partial charge in [-0.1, -0.05) is 122 Å². The van der Waals surface area contributed by atoms with Gasteiger partial charge in [0.2, 0.25) is 0 Å². The maximum absolute atomic E-state index is 10.5. The van der Waals surface area contributed by atoms with E-state index in [1.165, 1.54) is 51.4 Å². The van der Waals surface area contributed by atoms with Crippen LogP contribution in [0.3, 0.4) is 0 Å². The maximum atomic E-state index is 10.5. The van der Waals surface area contributed by atoms with Crippen molar-refractivity contribution in [3.8, 4) is 0 Å². The van der Waals surface area contributed by atoms with Crippen LogP contribution in [0, 0.1) is 0 Å². The van der Waals surface area contributed by atoms with Gasteiger partial charge < -0.3 is 5.11 Å². The van der Waals surface area contributed by atoms with Crippen molar-refractivity contribution >= 4 is 5.97 Å². The van der Waals surface area contributed by atoms with Crippen molar-refractivity contribution in [2.75, 3.05) is 0 Å². The Kier molecular flexibility index (Phi) is 14.5. The normalized spacial score (nSPS) is 14.7. The number of rotatable bonds is 20. The lowest BCUT2D eigenvalue weighted by Gasteiger charge is -2.03. The third-order valence-electron chi connectivity index (χ3n) is 4.47. The Morgan fingerprint density at radius 2 is 0.958 bits per heavy atom. The maximum Gasteiger partial charge on any atom is 0.303 e. The Bertz CT molecular complexity index is 387. The van der Waals surface area contributed by atoms with Gasteiger partial charge in [-0.05, 0) is 6.42 Å². The Balaban J connectivity index is 3.73. The third-order valence-corrected chi connectivity index (χ3v) is 4.47. The van der Waals surface area contributed by atoms with Gasteiger partial charge in [-0.15, -0.1) is 0 Å². The van der Waals surface area contributed by atoms with E-state index in [1.807, 2.05) is 0 Å². The molecule has 1 N–H and O–H groups in total. The Morgan fingerprint density at radius 1 is 0.625 bits per heavy atom. The molecule has 0 fully saturated rings. The Labute approximate surface area is 157 Å². The van der Waals surface area contributed by atoms with Gasteiger partial charge >= 0.3 is 5.97 Å². The van der Waals surface area contributed by atoms with E-state index in [9.17, 15) is 4.79 Å². The molecule has 0 bridgehead atoms. The summed E-state index contributed by atoms with van der Waals surface area (Å²) in [5.41, 5.74) is 0. The summed E-state index contributed by atoms with van der Waals surface area (Å²) in [6.45, 7) is 2.24. The quantitative estimate of drug-likeness (QED) is 0.228. The van der Waals surface area contributed by atoms with E-state index >= 15 is 0 Å². The van der Waals surface area contributed by atoms with Crippen LogP contribution in [0.4, 0.5) is 0 Å². The molecule has 2 nitrogen and oxygen atoms in total. The number of hydrogen-bond donors (Lipinski definition) is 1. The molecule has 0 saturated heterocycles. The number of unbranched alkanes of at least 4 members (excludes halogenated alkanes) is 13. The van der Waals surface area contributed by atoms with Crippen LogP contribution < -0.4 is 0 Å². The molecule has 24 heavy (non-hydrogen) atoms. The molecule has 0 aromatic rings. The predicted molar refractivity (Wildman–Crippen MR) is 106 cm³/mol. The van der Waals surface area contributed by atoms with Crippen molar-refractivity contribution in [1.29, 1.82) is 0 Å². The number of carboxylic acids is 1. The largest absolute Gasteiger partial charge is 0.481 e. The van der Waals surface area contributed by atoms with E-state index in [1.54, 1.807) is 0 Å². The summed E-state index contributed by atoms with van der Waals surface area (Å²) >= 11 is 0. The van der Waals surface area contributed by atoms with Gasteiger partial charge in [0.15, 0.2) is 0 Å². The van der Waals surface area contributed by atoms with Crippen LogP contribution in [0.25, 0.3) is 0 Å². The molecule has 0 unspecified atom stereocenters. The zero-order valence-corrected chi connectivity index (χ0v) is 16.1. The van der Waals surface area contributed by atoms with E-state index in [2.05, 4.69) is 6.92 Å². The standard InChI is InChI=1S/C22H44O2/c1-2-3-4-5-6-7-8-9-10-11-12-13-14-15-16-17-18-19-20-21-22(23)24/h2-21H2,1H3,(H,23,24)/i14D2,15D2. The van der Waals surface area contributed by atoms with E-state index in [0.717, 1.165) is 32.1 Å². The molecular formula is C22H44O2. The van der Waals surface area contributed by atoms with Crippen molar-refractivity contribution in [3.63, 3.8) is 0 Å². The van der Waals surface area contributed by atoms with Gasteiger partial charge in [-0.2, -0.15) is 0 Å². The van der Waals surface area contributed by atoms with Crippen molar-refractivity contribution in [3.05, 3.63) is 0 Å². The number of hydrogen-bond acceptors (Lipinski definition) is 1. The Hall–Kier alpha value is -0.530.